The molecule has 2 amide bonds. The van der Waals surface area contributed by atoms with Crippen LogP contribution in [0.3, 0.4) is 0 Å². The van der Waals surface area contributed by atoms with Crippen LogP contribution in [0.15, 0.2) is 0 Å². The van der Waals surface area contributed by atoms with Crippen molar-refractivity contribution >= 4 is 11.8 Å². The Morgan fingerprint density at radius 2 is 2.06 bits per heavy atom. The predicted molar refractivity (Wildman–Crippen MR) is 69.9 cm³/mol. The Morgan fingerprint density at radius 1 is 1.39 bits per heavy atom. The molecule has 1 atom stereocenters. The Labute approximate surface area is 109 Å². The number of carbonyl (C=O) groups excluding carboxylic acids is 2. The lowest BCUT2D eigenvalue weighted by Crippen LogP contribution is -2.61. The fraction of sp³-hybridized carbons (Fsp3) is 0.857. The van der Waals surface area contributed by atoms with Gasteiger partial charge in [0.25, 0.3) is 0 Å². The van der Waals surface area contributed by atoms with Crippen LogP contribution in [0.4, 0.5) is 0 Å². The molecule has 1 saturated carbocycles. The van der Waals surface area contributed by atoms with E-state index in [1.807, 2.05) is 13.8 Å². The molecule has 1 aliphatic heterocycles. The van der Waals surface area contributed by atoms with Crippen molar-refractivity contribution in [2.75, 3.05) is 13.1 Å². The van der Waals surface area contributed by atoms with E-state index in [1.54, 1.807) is 4.90 Å². The summed E-state index contributed by atoms with van der Waals surface area (Å²) in [6.45, 7) is 7.15. The first-order valence-corrected chi connectivity index (χ1v) is 7.05. The number of carbonyl (C=O) groups is 2. The van der Waals surface area contributed by atoms with Crippen molar-refractivity contribution in [1.82, 2.24) is 10.2 Å². The molecule has 1 heterocycles. The smallest absolute Gasteiger partial charge is 0.245 e. The first kappa shape index (κ1) is 13.4. The first-order valence-electron chi connectivity index (χ1n) is 7.05. The van der Waals surface area contributed by atoms with E-state index in [2.05, 4.69) is 12.2 Å². The van der Waals surface area contributed by atoms with Crippen LogP contribution < -0.4 is 5.32 Å². The summed E-state index contributed by atoms with van der Waals surface area (Å²) in [5.74, 6) is 0.242. The Bertz CT molecular complexity index is 342. The normalized spacial score (nSPS) is 27.1. The van der Waals surface area contributed by atoms with Crippen LogP contribution >= 0.6 is 0 Å². The zero-order valence-corrected chi connectivity index (χ0v) is 11.7. The number of nitrogens with one attached hydrogen (secondary N) is 1. The maximum Gasteiger partial charge on any atom is 0.245 e. The highest BCUT2D eigenvalue weighted by Gasteiger charge is 2.42. The zero-order chi connectivity index (χ0) is 13.3. The maximum absolute atomic E-state index is 12.4. The highest BCUT2D eigenvalue weighted by molar-refractivity contribution is 5.95. The Morgan fingerprint density at radius 3 is 2.50 bits per heavy atom. The summed E-state index contributed by atoms with van der Waals surface area (Å²) in [7, 11) is 0. The van der Waals surface area contributed by atoms with Gasteiger partial charge in [-0.1, -0.05) is 27.2 Å². The van der Waals surface area contributed by atoms with Crippen molar-refractivity contribution in [3.05, 3.63) is 0 Å². The van der Waals surface area contributed by atoms with Gasteiger partial charge in [0.2, 0.25) is 11.8 Å². The van der Waals surface area contributed by atoms with Gasteiger partial charge in [-0.15, -0.1) is 0 Å². The number of hydrogen-bond acceptors (Lipinski definition) is 2. The molecule has 2 fully saturated rings. The molecule has 0 aromatic rings. The third-order valence-corrected chi connectivity index (χ3v) is 4.59. The molecule has 0 aromatic heterocycles. The van der Waals surface area contributed by atoms with E-state index in [0.29, 0.717) is 0 Å². The molecule has 4 nitrogen and oxygen atoms in total. The minimum Gasteiger partial charge on any atom is -0.343 e. The molecular formula is C14H24N2O2. The summed E-state index contributed by atoms with van der Waals surface area (Å²) in [5, 5.41) is 2.81. The quantitative estimate of drug-likeness (QED) is 0.825. The van der Waals surface area contributed by atoms with Gasteiger partial charge >= 0.3 is 0 Å². The first-order chi connectivity index (χ1) is 8.47. The molecule has 0 aromatic carbocycles. The Balaban J connectivity index is 2.07. The third-order valence-electron chi connectivity index (χ3n) is 4.59. The zero-order valence-electron chi connectivity index (χ0n) is 11.7. The summed E-state index contributed by atoms with van der Waals surface area (Å²) in [5.41, 5.74) is 0.287. The van der Waals surface area contributed by atoms with Crippen molar-refractivity contribution in [3.8, 4) is 0 Å². The molecule has 0 radical (unpaired) electrons. The fourth-order valence-electron chi connectivity index (χ4n) is 3.02. The van der Waals surface area contributed by atoms with Gasteiger partial charge in [0, 0.05) is 6.54 Å². The monoisotopic (exact) mass is 252 g/mol. The molecule has 0 bridgehead atoms. The molecule has 18 heavy (non-hydrogen) atoms. The molecule has 2 rings (SSSR count). The van der Waals surface area contributed by atoms with Crippen LogP contribution in [0.5, 0.6) is 0 Å². The molecular weight excluding hydrogens is 228 g/mol. The topological polar surface area (TPSA) is 49.4 Å². The standard InChI is InChI=1S/C14H24N2O2/c1-4-14(6-5-7-14)9-16-8-11(17)15-12(10(2)3)13(16)18/h10,12H,4-9H2,1-3H3,(H,15,17). The van der Waals surface area contributed by atoms with Crippen LogP contribution in [0.2, 0.25) is 0 Å². The van der Waals surface area contributed by atoms with E-state index in [9.17, 15) is 9.59 Å². The lowest BCUT2D eigenvalue weighted by atomic mass is 9.66. The SMILES string of the molecule is CCC1(CN2CC(=O)NC(C(C)C)C2=O)CCC1. The van der Waals surface area contributed by atoms with Crippen LogP contribution in [0.25, 0.3) is 0 Å². The van der Waals surface area contributed by atoms with Crippen molar-refractivity contribution < 1.29 is 9.59 Å². The number of rotatable bonds is 4. The largest absolute Gasteiger partial charge is 0.343 e. The van der Waals surface area contributed by atoms with Gasteiger partial charge < -0.3 is 10.2 Å². The van der Waals surface area contributed by atoms with E-state index >= 15 is 0 Å². The van der Waals surface area contributed by atoms with E-state index in [4.69, 9.17) is 0 Å². The lowest BCUT2D eigenvalue weighted by molar-refractivity contribution is -0.148. The van der Waals surface area contributed by atoms with Gasteiger partial charge in [-0.3, -0.25) is 9.59 Å². The lowest BCUT2D eigenvalue weighted by Gasteiger charge is -2.46. The van der Waals surface area contributed by atoms with Gasteiger partial charge in [-0.2, -0.15) is 0 Å². The highest BCUT2D eigenvalue weighted by Crippen LogP contribution is 2.44. The second kappa shape index (κ2) is 4.90. The molecule has 0 spiro atoms. The second-order valence-electron chi connectivity index (χ2n) is 6.19. The number of amides is 2. The highest BCUT2D eigenvalue weighted by atomic mass is 16.2. The van der Waals surface area contributed by atoms with Crippen molar-refractivity contribution in [2.24, 2.45) is 11.3 Å². The molecule has 1 N–H and O–H groups in total. The maximum atomic E-state index is 12.4. The number of hydrogen-bond donors (Lipinski definition) is 1. The molecule has 102 valence electrons. The van der Waals surface area contributed by atoms with Crippen LogP contribution in [0.1, 0.15) is 46.5 Å². The van der Waals surface area contributed by atoms with Gasteiger partial charge in [-0.05, 0) is 30.6 Å². The number of piperazine rings is 1. The van der Waals surface area contributed by atoms with E-state index < -0.39 is 0 Å². The predicted octanol–water partition coefficient (Wildman–Crippen LogP) is 1.55. The van der Waals surface area contributed by atoms with Crippen LogP contribution in [-0.2, 0) is 9.59 Å². The molecule has 1 aliphatic carbocycles. The van der Waals surface area contributed by atoms with E-state index in [1.165, 1.54) is 19.3 Å². The van der Waals surface area contributed by atoms with Gasteiger partial charge in [0.05, 0.1) is 6.54 Å². The average molecular weight is 252 g/mol. The molecule has 4 heteroatoms. The third kappa shape index (κ3) is 2.38. The van der Waals surface area contributed by atoms with Crippen LogP contribution in [0, 0.1) is 11.3 Å². The number of nitrogens with zero attached hydrogens (tertiary/aromatic N) is 1. The molecule has 1 saturated heterocycles. The average Bonchev–Trinajstić information content (AvgIpc) is 2.27. The van der Waals surface area contributed by atoms with Gasteiger partial charge in [0.15, 0.2) is 0 Å². The van der Waals surface area contributed by atoms with Crippen molar-refractivity contribution in [1.29, 1.82) is 0 Å². The Kier molecular flexibility index (Phi) is 3.64. The minimum absolute atomic E-state index is 0.0149. The summed E-state index contributed by atoms with van der Waals surface area (Å²) < 4.78 is 0. The Hall–Kier alpha value is -1.06. The molecule has 1 unspecified atom stereocenters. The van der Waals surface area contributed by atoms with E-state index in [0.717, 1.165) is 13.0 Å². The summed E-state index contributed by atoms with van der Waals surface area (Å²) >= 11 is 0. The minimum atomic E-state index is -0.333. The summed E-state index contributed by atoms with van der Waals surface area (Å²) in [4.78, 5) is 25.9. The van der Waals surface area contributed by atoms with E-state index in [-0.39, 0.29) is 35.7 Å². The molecule has 2 aliphatic rings. The van der Waals surface area contributed by atoms with Crippen molar-refractivity contribution in [3.63, 3.8) is 0 Å². The van der Waals surface area contributed by atoms with Gasteiger partial charge in [0.1, 0.15) is 6.04 Å². The summed E-state index contributed by atoms with van der Waals surface area (Å²) in [6, 6.07) is -0.333. The van der Waals surface area contributed by atoms with Gasteiger partial charge in [-0.25, -0.2) is 0 Å². The van der Waals surface area contributed by atoms with Crippen LogP contribution in [-0.4, -0.2) is 35.8 Å². The van der Waals surface area contributed by atoms with Crippen molar-refractivity contribution in [2.45, 2.75) is 52.5 Å². The fourth-order valence-corrected chi connectivity index (χ4v) is 3.02. The summed E-state index contributed by atoms with van der Waals surface area (Å²) in [6.07, 6.45) is 4.75. The second-order valence-corrected chi connectivity index (χ2v) is 6.19.